The molecule has 1 aliphatic heterocycles. The zero-order valence-electron chi connectivity index (χ0n) is 9.92. The lowest BCUT2D eigenvalue weighted by Crippen LogP contribution is -2.36. The van der Waals surface area contributed by atoms with Gasteiger partial charge in [0.25, 0.3) is 0 Å². The van der Waals surface area contributed by atoms with Crippen LogP contribution in [0.3, 0.4) is 0 Å². The van der Waals surface area contributed by atoms with Crippen LogP contribution in [-0.2, 0) is 4.74 Å². The molecule has 0 amide bonds. The second-order valence-corrected chi connectivity index (χ2v) is 4.81. The maximum Gasteiger partial charge on any atom is 0.0711 e. The average Bonchev–Trinajstić information content (AvgIpc) is 2.50. The van der Waals surface area contributed by atoms with E-state index in [1.54, 1.807) is 7.11 Å². The van der Waals surface area contributed by atoms with Crippen molar-refractivity contribution in [2.24, 2.45) is 5.92 Å². The lowest BCUT2D eigenvalue weighted by molar-refractivity contribution is 0.116. The fraction of sp³-hybridized carbons (Fsp3) is 1.00. The van der Waals surface area contributed by atoms with Crippen molar-refractivity contribution in [3.05, 3.63) is 0 Å². The third-order valence-electron chi connectivity index (χ3n) is 2.72. The Morgan fingerprint density at radius 1 is 1.50 bits per heavy atom. The van der Waals surface area contributed by atoms with Gasteiger partial charge in [-0.25, -0.2) is 0 Å². The molecule has 1 N–H and O–H groups in total. The molecule has 1 saturated heterocycles. The molecule has 0 aromatic carbocycles. The van der Waals surface area contributed by atoms with Crippen LogP contribution in [-0.4, -0.2) is 50.8 Å². The molecule has 1 aliphatic rings. The van der Waals surface area contributed by atoms with Gasteiger partial charge in [-0.05, 0) is 19.4 Å². The van der Waals surface area contributed by atoms with E-state index in [9.17, 15) is 0 Å². The lowest BCUT2D eigenvalue weighted by Gasteiger charge is -2.22. The molecule has 0 aromatic heterocycles. The standard InChI is InChI=1S/C11H24N2O/c1-9(2)7-13(3)8-10-5-11(14-4)6-12-10/h9-12H,5-8H2,1-4H3. The molecule has 84 valence electrons. The van der Waals surface area contributed by atoms with Gasteiger partial charge in [0.05, 0.1) is 6.10 Å². The minimum Gasteiger partial charge on any atom is -0.380 e. The molecule has 1 heterocycles. The molecule has 3 heteroatoms. The molecule has 0 spiro atoms. The molecule has 2 atom stereocenters. The first-order valence-corrected chi connectivity index (χ1v) is 5.56. The van der Waals surface area contributed by atoms with Crippen molar-refractivity contribution in [3.8, 4) is 0 Å². The summed E-state index contributed by atoms with van der Waals surface area (Å²) >= 11 is 0. The second-order valence-electron chi connectivity index (χ2n) is 4.81. The summed E-state index contributed by atoms with van der Waals surface area (Å²) in [6.45, 7) is 7.84. The van der Waals surface area contributed by atoms with E-state index in [-0.39, 0.29) is 0 Å². The second kappa shape index (κ2) is 5.69. The fourth-order valence-electron chi connectivity index (χ4n) is 2.17. The number of nitrogens with one attached hydrogen (secondary N) is 1. The van der Waals surface area contributed by atoms with Gasteiger partial charge in [-0.15, -0.1) is 0 Å². The third kappa shape index (κ3) is 3.95. The van der Waals surface area contributed by atoms with Crippen LogP contribution in [0.5, 0.6) is 0 Å². The Hall–Kier alpha value is -0.120. The van der Waals surface area contributed by atoms with E-state index in [1.165, 1.54) is 6.54 Å². The summed E-state index contributed by atoms with van der Waals surface area (Å²) in [4.78, 5) is 2.40. The molecule has 0 radical (unpaired) electrons. The van der Waals surface area contributed by atoms with Crippen LogP contribution < -0.4 is 5.32 Å². The van der Waals surface area contributed by atoms with Crippen LogP contribution in [0, 0.1) is 5.92 Å². The number of methoxy groups -OCH3 is 1. The molecule has 0 aliphatic carbocycles. The summed E-state index contributed by atoms with van der Waals surface area (Å²) in [7, 11) is 3.99. The Balaban J connectivity index is 2.18. The molecule has 0 aromatic rings. The molecule has 3 nitrogen and oxygen atoms in total. The minimum atomic E-state index is 0.424. The summed E-state index contributed by atoms with van der Waals surface area (Å²) in [5.74, 6) is 0.750. The van der Waals surface area contributed by atoms with Gasteiger partial charge in [-0.1, -0.05) is 13.8 Å². The van der Waals surface area contributed by atoms with Crippen molar-refractivity contribution in [2.75, 3.05) is 33.8 Å². The zero-order chi connectivity index (χ0) is 10.6. The predicted molar refractivity (Wildman–Crippen MR) is 59.5 cm³/mol. The average molecular weight is 200 g/mol. The highest BCUT2D eigenvalue weighted by atomic mass is 16.5. The Bertz CT molecular complexity index is 161. The van der Waals surface area contributed by atoms with Gasteiger partial charge in [0.2, 0.25) is 0 Å². The van der Waals surface area contributed by atoms with Crippen molar-refractivity contribution < 1.29 is 4.74 Å². The fourth-order valence-corrected chi connectivity index (χ4v) is 2.17. The van der Waals surface area contributed by atoms with Gasteiger partial charge in [-0.3, -0.25) is 0 Å². The van der Waals surface area contributed by atoms with Crippen LogP contribution in [0.2, 0.25) is 0 Å². The van der Waals surface area contributed by atoms with Crippen LogP contribution >= 0.6 is 0 Å². The summed E-state index contributed by atoms with van der Waals surface area (Å²) in [5, 5.41) is 3.50. The van der Waals surface area contributed by atoms with Crippen molar-refractivity contribution in [1.29, 1.82) is 0 Å². The van der Waals surface area contributed by atoms with Crippen molar-refractivity contribution in [2.45, 2.75) is 32.4 Å². The number of hydrogen-bond acceptors (Lipinski definition) is 3. The first kappa shape index (κ1) is 12.0. The summed E-state index contributed by atoms with van der Waals surface area (Å²) < 4.78 is 5.32. The van der Waals surface area contributed by atoms with E-state index in [2.05, 4.69) is 31.1 Å². The highest BCUT2D eigenvalue weighted by Crippen LogP contribution is 2.10. The Morgan fingerprint density at radius 3 is 2.71 bits per heavy atom. The van der Waals surface area contributed by atoms with Gasteiger partial charge < -0.3 is 15.0 Å². The quantitative estimate of drug-likeness (QED) is 0.715. The van der Waals surface area contributed by atoms with E-state index in [0.29, 0.717) is 12.1 Å². The summed E-state index contributed by atoms with van der Waals surface area (Å²) in [6, 6.07) is 0.615. The third-order valence-corrected chi connectivity index (χ3v) is 2.72. The molecular formula is C11H24N2O. The first-order chi connectivity index (χ1) is 6.61. The van der Waals surface area contributed by atoms with Crippen LogP contribution in [0.4, 0.5) is 0 Å². The Morgan fingerprint density at radius 2 is 2.21 bits per heavy atom. The smallest absolute Gasteiger partial charge is 0.0711 e. The van der Waals surface area contributed by atoms with Gasteiger partial charge in [-0.2, -0.15) is 0 Å². The number of ether oxygens (including phenoxy) is 1. The molecular weight excluding hydrogens is 176 g/mol. The van der Waals surface area contributed by atoms with E-state index in [4.69, 9.17) is 4.74 Å². The number of likely N-dealkylation sites (N-methyl/N-ethyl adjacent to an activating group) is 1. The normalized spacial score (nSPS) is 27.9. The molecule has 14 heavy (non-hydrogen) atoms. The van der Waals surface area contributed by atoms with E-state index < -0.39 is 0 Å². The van der Waals surface area contributed by atoms with E-state index >= 15 is 0 Å². The van der Waals surface area contributed by atoms with Gasteiger partial charge in [0.1, 0.15) is 0 Å². The first-order valence-electron chi connectivity index (χ1n) is 5.56. The lowest BCUT2D eigenvalue weighted by atomic mass is 10.1. The van der Waals surface area contributed by atoms with Gasteiger partial charge in [0.15, 0.2) is 0 Å². The van der Waals surface area contributed by atoms with Crippen molar-refractivity contribution in [3.63, 3.8) is 0 Å². The molecule has 2 unspecified atom stereocenters. The maximum absolute atomic E-state index is 5.32. The summed E-state index contributed by atoms with van der Waals surface area (Å²) in [5.41, 5.74) is 0. The van der Waals surface area contributed by atoms with E-state index in [1.807, 2.05) is 0 Å². The SMILES string of the molecule is COC1CNC(CN(C)CC(C)C)C1. The Labute approximate surface area is 87.8 Å². The highest BCUT2D eigenvalue weighted by molar-refractivity contribution is 4.83. The van der Waals surface area contributed by atoms with Crippen molar-refractivity contribution in [1.82, 2.24) is 10.2 Å². The number of hydrogen-bond donors (Lipinski definition) is 1. The monoisotopic (exact) mass is 200 g/mol. The van der Waals surface area contributed by atoms with Crippen molar-refractivity contribution >= 4 is 0 Å². The molecule has 0 bridgehead atoms. The van der Waals surface area contributed by atoms with Gasteiger partial charge >= 0.3 is 0 Å². The van der Waals surface area contributed by atoms with Crippen LogP contribution in [0.15, 0.2) is 0 Å². The van der Waals surface area contributed by atoms with Crippen LogP contribution in [0.25, 0.3) is 0 Å². The molecule has 1 fully saturated rings. The maximum atomic E-state index is 5.32. The van der Waals surface area contributed by atoms with Gasteiger partial charge in [0, 0.05) is 32.8 Å². The minimum absolute atomic E-state index is 0.424. The zero-order valence-corrected chi connectivity index (χ0v) is 9.92. The largest absolute Gasteiger partial charge is 0.380 e. The topological polar surface area (TPSA) is 24.5 Å². The predicted octanol–water partition coefficient (Wildman–Crippen LogP) is 0.951. The molecule has 1 rings (SSSR count). The number of rotatable bonds is 5. The van der Waals surface area contributed by atoms with Crippen LogP contribution in [0.1, 0.15) is 20.3 Å². The summed E-state index contributed by atoms with van der Waals surface area (Å²) in [6.07, 6.45) is 1.58. The Kier molecular flexibility index (Phi) is 4.85. The number of nitrogens with zero attached hydrogens (tertiary/aromatic N) is 1. The molecule has 0 saturated carbocycles. The van der Waals surface area contributed by atoms with E-state index in [0.717, 1.165) is 25.4 Å². The highest BCUT2D eigenvalue weighted by Gasteiger charge is 2.24.